The highest BCUT2D eigenvalue weighted by atomic mass is 16.6. The summed E-state index contributed by atoms with van der Waals surface area (Å²) in [5.74, 6) is -0.561. The number of benzene rings is 2. The van der Waals surface area contributed by atoms with Crippen LogP contribution in [-0.2, 0) is 27.3 Å². The van der Waals surface area contributed by atoms with Gasteiger partial charge in [0, 0.05) is 6.04 Å². The van der Waals surface area contributed by atoms with Gasteiger partial charge >= 0.3 is 12.2 Å². The smallest absolute Gasteiger partial charge is 0.408 e. The molecule has 0 radical (unpaired) electrons. The standard InChI is InChI=1S/C33H49N3O6/c1-21(2)28(36-30(39)41-20-23-13-11-10-12-14-23)29(38)35-26-19-24(15-16-27(26)37)18-25(17-22(3)32(4,5)6)34-31(40)42-33(7,8)9/h10-16,19,21-22,25,28,37H,17-18,20H2,1-9H3,(H,34,40)(H,35,38)(H,36,39)/t22-,25+,28?/m0/s1. The molecule has 2 rings (SSSR count). The molecule has 0 aromatic heterocycles. The Balaban J connectivity index is 2.15. The first kappa shape index (κ1) is 34.5. The lowest BCUT2D eigenvalue weighted by molar-refractivity contribution is -0.119. The van der Waals surface area contributed by atoms with Crippen LogP contribution in [0.25, 0.3) is 0 Å². The van der Waals surface area contributed by atoms with E-state index >= 15 is 0 Å². The Labute approximate surface area is 250 Å². The average molecular weight is 584 g/mol. The van der Waals surface area contributed by atoms with Gasteiger partial charge in [0.15, 0.2) is 0 Å². The van der Waals surface area contributed by atoms with E-state index in [0.717, 1.165) is 11.1 Å². The topological polar surface area (TPSA) is 126 Å². The molecule has 0 saturated carbocycles. The molecule has 4 N–H and O–H groups in total. The van der Waals surface area contributed by atoms with Crippen molar-refractivity contribution in [3.63, 3.8) is 0 Å². The first-order valence-corrected chi connectivity index (χ1v) is 14.5. The van der Waals surface area contributed by atoms with Gasteiger partial charge in [0.1, 0.15) is 24.0 Å². The number of anilines is 1. The molecule has 232 valence electrons. The summed E-state index contributed by atoms with van der Waals surface area (Å²) in [6, 6.07) is 13.1. The third kappa shape index (κ3) is 12.0. The molecule has 42 heavy (non-hydrogen) atoms. The number of phenols is 1. The summed E-state index contributed by atoms with van der Waals surface area (Å²) in [5.41, 5.74) is 1.25. The van der Waals surface area contributed by atoms with Crippen LogP contribution in [0.2, 0.25) is 0 Å². The number of phenolic OH excluding ortho intramolecular Hbond substituents is 1. The zero-order valence-corrected chi connectivity index (χ0v) is 26.5. The first-order chi connectivity index (χ1) is 19.4. The van der Waals surface area contributed by atoms with E-state index in [1.807, 2.05) is 51.1 Å². The van der Waals surface area contributed by atoms with E-state index in [9.17, 15) is 19.5 Å². The van der Waals surface area contributed by atoms with E-state index < -0.39 is 29.7 Å². The van der Waals surface area contributed by atoms with Crippen molar-refractivity contribution in [2.24, 2.45) is 17.3 Å². The molecule has 0 saturated heterocycles. The van der Waals surface area contributed by atoms with Gasteiger partial charge in [-0.05, 0) is 74.1 Å². The Morgan fingerprint density at radius 2 is 1.50 bits per heavy atom. The molecule has 2 aromatic carbocycles. The van der Waals surface area contributed by atoms with Gasteiger partial charge in [-0.25, -0.2) is 9.59 Å². The lowest BCUT2D eigenvalue weighted by atomic mass is 9.78. The molecule has 0 bridgehead atoms. The number of hydrogen-bond acceptors (Lipinski definition) is 6. The molecular weight excluding hydrogens is 534 g/mol. The van der Waals surface area contributed by atoms with Crippen LogP contribution in [-0.4, -0.2) is 40.9 Å². The maximum Gasteiger partial charge on any atom is 0.408 e. The van der Waals surface area contributed by atoms with E-state index in [4.69, 9.17) is 9.47 Å². The second-order valence-corrected chi connectivity index (χ2v) is 13.3. The van der Waals surface area contributed by atoms with Gasteiger partial charge < -0.3 is 30.5 Å². The van der Waals surface area contributed by atoms with Crippen LogP contribution >= 0.6 is 0 Å². The van der Waals surface area contributed by atoms with Crippen LogP contribution in [0.4, 0.5) is 15.3 Å². The maximum absolute atomic E-state index is 13.2. The second kappa shape index (κ2) is 14.9. The average Bonchev–Trinajstić information content (AvgIpc) is 2.86. The molecule has 9 heteroatoms. The van der Waals surface area contributed by atoms with Crippen molar-refractivity contribution in [1.29, 1.82) is 0 Å². The summed E-state index contributed by atoms with van der Waals surface area (Å²) in [4.78, 5) is 38.3. The number of carbonyl (C=O) groups is 3. The molecule has 0 spiro atoms. The third-order valence-electron chi connectivity index (χ3n) is 7.07. The highest BCUT2D eigenvalue weighted by Gasteiger charge is 2.28. The summed E-state index contributed by atoms with van der Waals surface area (Å²) in [6.07, 6.45) is -0.0448. The number of rotatable bonds is 11. The minimum absolute atomic E-state index is 0.0308. The van der Waals surface area contributed by atoms with Crippen LogP contribution in [0.3, 0.4) is 0 Å². The summed E-state index contributed by atoms with van der Waals surface area (Å²) < 4.78 is 10.8. The van der Waals surface area contributed by atoms with Gasteiger partial charge in [0.2, 0.25) is 5.91 Å². The molecule has 0 aliphatic carbocycles. The van der Waals surface area contributed by atoms with Gasteiger partial charge in [-0.2, -0.15) is 0 Å². The Morgan fingerprint density at radius 3 is 2.07 bits per heavy atom. The fraction of sp³-hybridized carbons (Fsp3) is 0.545. The fourth-order valence-corrected chi connectivity index (χ4v) is 4.18. The number of carbonyl (C=O) groups excluding carboxylic acids is 3. The predicted molar refractivity (Wildman–Crippen MR) is 165 cm³/mol. The molecule has 3 amide bonds. The highest BCUT2D eigenvalue weighted by Crippen LogP contribution is 2.31. The minimum atomic E-state index is -0.898. The van der Waals surface area contributed by atoms with E-state index in [-0.39, 0.29) is 41.3 Å². The molecule has 1 unspecified atom stereocenters. The number of nitrogens with one attached hydrogen (secondary N) is 3. The monoisotopic (exact) mass is 583 g/mol. The number of amides is 3. The molecule has 3 atom stereocenters. The van der Waals surface area contributed by atoms with Crippen LogP contribution < -0.4 is 16.0 Å². The Morgan fingerprint density at radius 1 is 0.857 bits per heavy atom. The molecule has 2 aromatic rings. The van der Waals surface area contributed by atoms with Crippen molar-refractivity contribution in [1.82, 2.24) is 10.6 Å². The molecule has 0 aliphatic heterocycles. The number of aromatic hydroxyl groups is 1. The maximum atomic E-state index is 13.2. The lowest BCUT2D eigenvalue weighted by Crippen LogP contribution is -2.47. The summed E-state index contributed by atoms with van der Waals surface area (Å²) in [5, 5.41) is 18.9. The molecule has 0 heterocycles. The zero-order chi connectivity index (χ0) is 31.7. The highest BCUT2D eigenvalue weighted by molar-refractivity contribution is 5.97. The fourth-order valence-electron chi connectivity index (χ4n) is 4.18. The molecule has 0 aliphatic rings. The van der Waals surface area contributed by atoms with Crippen molar-refractivity contribution in [2.75, 3.05) is 5.32 Å². The Bertz CT molecular complexity index is 1180. The molecular formula is C33H49N3O6. The van der Waals surface area contributed by atoms with Crippen molar-refractivity contribution in [3.8, 4) is 5.75 Å². The third-order valence-corrected chi connectivity index (χ3v) is 7.07. The van der Waals surface area contributed by atoms with Crippen molar-refractivity contribution in [2.45, 2.75) is 99.4 Å². The summed E-state index contributed by atoms with van der Waals surface area (Å²) >= 11 is 0. The van der Waals surface area contributed by atoms with Gasteiger partial charge in [-0.1, -0.05) is 77.9 Å². The molecule has 0 fully saturated rings. The van der Waals surface area contributed by atoms with Crippen LogP contribution in [0.15, 0.2) is 48.5 Å². The second-order valence-electron chi connectivity index (χ2n) is 13.3. The van der Waals surface area contributed by atoms with Gasteiger partial charge in [0.05, 0.1) is 5.69 Å². The SMILES string of the molecule is CC(C)C(NC(=O)OCc1ccccc1)C(=O)Nc1cc(C[C@@H](C[C@H](C)C(C)(C)C)NC(=O)OC(C)(C)C)ccc1O. The Kier molecular flexibility index (Phi) is 12.3. The van der Waals surface area contributed by atoms with E-state index in [1.165, 1.54) is 6.07 Å². The number of alkyl carbamates (subject to hydrolysis) is 2. The predicted octanol–water partition coefficient (Wildman–Crippen LogP) is 6.79. The summed E-state index contributed by atoms with van der Waals surface area (Å²) in [6.45, 7) is 17.8. The van der Waals surface area contributed by atoms with Crippen LogP contribution in [0, 0.1) is 17.3 Å². The quantitative estimate of drug-likeness (QED) is 0.216. The van der Waals surface area contributed by atoms with Crippen molar-refractivity contribution >= 4 is 23.8 Å². The van der Waals surface area contributed by atoms with Crippen LogP contribution in [0.1, 0.15) is 79.9 Å². The zero-order valence-electron chi connectivity index (χ0n) is 26.5. The lowest BCUT2D eigenvalue weighted by Gasteiger charge is -2.32. The number of ether oxygens (including phenoxy) is 2. The Hall–Kier alpha value is -3.75. The van der Waals surface area contributed by atoms with Crippen molar-refractivity contribution < 1.29 is 29.0 Å². The van der Waals surface area contributed by atoms with Gasteiger partial charge in [-0.15, -0.1) is 0 Å². The van der Waals surface area contributed by atoms with E-state index in [2.05, 4.69) is 43.6 Å². The van der Waals surface area contributed by atoms with Gasteiger partial charge in [0.25, 0.3) is 0 Å². The van der Waals surface area contributed by atoms with E-state index in [1.54, 1.807) is 26.0 Å². The van der Waals surface area contributed by atoms with Gasteiger partial charge in [-0.3, -0.25) is 4.79 Å². The minimum Gasteiger partial charge on any atom is -0.506 e. The van der Waals surface area contributed by atoms with Crippen LogP contribution in [0.5, 0.6) is 5.75 Å². The van der Waals surface area contributed by atoms with Crippen molar-refractivity contribution in [3.05, 3.63) is 59.7 Å². The normalized spacial score (nSPS) is 14.0. The largest absolute Gasteiger partial charge is 0.506 e. The summed E-state index contributed by atoms with van der Waals surface area (Å²) in [7, 11) is 0. The molecule has 9 nitrogen and oxygen atoms in total. The number of hydrogen-bond donors (Lipinski definition) is 4. The van der Waals surface area contributed by atoms with E-state index in [0.29, 0.717) is 12.8 Å². The first-order valence-electron chi connectivity index (χ1n) is 14.5.